The zero-order valence-electron chi connectivity index (χ0n) is 1.80. The van der Waals surface area contributed by atoms with Gasteiger partial charge in [-0.3, -0.25) is 0 Å². The first-order valence-corrected chi connectivity index (χ1v) is 0. The fourth-order valence-electron chi connectivity index (χ4n) is 0. The van der Waals surface area contributed by atoms with E-state index in [9.17, 15) is 0 Å². The quantitative estimate of drug-likeness (QED) is 0.504. The van der Waals surface area contributed by atoms with Crippen molar-refractivity contribution in [2.24, 2.45) is 0 Å². The molecule has 0 fully saturated rings. The normalized spacial score (nSPS) is 0. The van der Waals surface area contributed by atoms with Crippen LogP contribution in [0.15, 0.2) is 0 Å². The van der Waals surface area contributed by atoms with Crippen LogP contribution in [0.3, 0.4) is 0 Å². The van der Waals surface area contributed by atoms with Crippen molar-refractivity contribution in [2.75, 3.05) is 0 Å². The standard InChI is InChI=1S/Ag.H2O.H2S.Sn/h;2*1H2;. The zero-order valence-corrected chi connectivity index (χ0v) is 7.14. The molecule has 0 aliphatic heterocycles. The van der Waals surface area contributed by atoms with Crippen LogP contribution in [0, 0.1) is 0 Å². The Balaban J connectivity index is 0. The van der Waals surface area contributed by atoms with Crippen molar-refractivity contribution in [2.45, 2.75) is 0 Å². The molecule has 0 saturated carbocycles. The fourth-order valence-corrected chi connectivity index (χ4v) is 0. The van der Waals surface area contributed by atoms with E-state index in [2.05, 4.69) is 0 Å². The van der Waals surface area contributed by atoms with Gasteiger partial charge in [0.15, 0.2) is 0 Å². The molecule has 0 saturated heterocycles. The summed E-state index contributed by atoms with van der Waals surface area (Å²) >= 11 is 0. The maximum Gasteiger partial charge on any atom is 0 e. The van der Waals surface area contributed by atoms with Gasteiger partial charge < -0.3 is 5.48 Å². The van der Waals surface area contributed by atoms with Gasteiger partial charge in [-0.2, -0.15) is 13.5 Å². The largest absolute Gasteiger partial charge is 0.412 e. The summed E-state index contributed by atoms with van der Waals surface area (Å²) in [4.78, 5) is 0. The third-order valence-corrected chi connectivity index (χ3v) is 0. The third kappa shape index (κ3) is 9.14. The molecular formula is H4AgOSSn. The molecule has 0 heterocycles. The average molecular weight is 279 g/mol. The molecule has 0 aliphatic rings. The zero-order chi connectivity index (χ0) is 0. The van der Waals surface area contributed by atoms with Gasteiger partial charge in [0, 0.05) is 46.3 Å². The Morgan fingerprint density at radius 2 is 1.00 bits per heavy atom. The van der Waals surface area contributed by atoms with Crippen molar-refractivity contribution in [1.82, 2.24) is 0 Å². The van der Waals surface area contributed by atoms with E-state index >= 15 is 0 Å². The molecule has 31 valence electrons. The first-order valence-electron chi connectivity index (χ1n) is 0. The van der Waals surface area contributed by atoms with E-state index in [-0.39, 0.29) is 65.3 Å². The Bertz CT molecular complexity index is 8.00. The van der Waals surface area contributed by atoms with E-state index in [0.717, 1.165) is 0 Å². The minimum absolute atomic E-state index is 0. The van der Waals surface area contributed by atoms with Crippen LogP contribution in [0.4, 0.5) is 0 Å². The Morgan fingerprint density at radius 1 is 1.00 bits per heavy atom. The smallest absolute Gasteiger partial charge is 0 e. The van der Waals surface area contributed by atoms with Gasteiger partial charge in [0.2, 0.25) is 0 Å². The topological polar surface area (TPSA) is 31.5 Å². The summed E-state index contributed by atoms with van der Waals surface area (Å²) < 4.78 is 0. The minimum atomic E-state index is 0. The van der Waals surface area contributed by atoms with Crippen molar-refractivity contribution in [3.05, 3.63) is 0 Å². The van der Waals surface area contributed by atoms with Gasteiger partial charge in [-0.15, -0.1) is 0 Å². The van der Waals surface area contributed by atoms with Crippen LogP contribution >= 0.6 is 13.5 Å². The SMILES string of the molecule is O.S.[Ag].[Sn]. The summed E-state index contributed by atoms with van der Waals surface area (Å²) in [5.74, 6) is 0. The molecule has 0 aliphatic carbocycles. The molecule has 0 spiro atoms. The van der Waals surface area contributed by atoms with Gasteiger partial charge in [0.25, 0.3) is 0 Å². The van der Waals surface area contributed by atoms with Gasteiger partial charge in [0.1, 0.15) is 0 Å². The van der Waals surface area contributed by atoms with Crippen molar-refractivity contribution >= 4 is 37.4 Å². The molecule has 2 N–H and O–H groups in total. The molecule has 5 radical (unpaired) electrons. The molecular weight excluding hydrogens is 275 g/mol. The average Bonchev–Trinajstić information content (AvgIpc) is 0. The molecule has 4 heteroatoms. The van der Waals surface area contributed by atoms with Crippen molar-refractivity contribution in [1.29, 1.82) is 0 Å². The van der Waals surface area contributed by atoms with Gasteiger partial charge in [0.05, 0.1) is 0 Å². The summed E-state index contributed by atoms with van der Waals surface area (Å²) in [6.07, 6.45) is 0. The Kier molecular flexibility index (Phi) is 211. The van der Waals surface area contributed by atoms with E-state index in [0.29, 0.717) is 0 Å². The molecule has 0 unspecified atom stereocenters. The van der Waals surface area contributed by atoms with E-state index in [1.165, 1.54) is 0 Å². The van der Waals surface area contributed by atoms with Crippen molar-refractivity contribution < 1.29 is 27.9 Å². The van der Waals surface area contributed by atoms with E-state index in [4.69, 9.17) is 0 Å². The number of rotatable bonds is 0. The van der Waals surface area contributed by atoms with Crippen LogP contribution in [0.25, 0.3) is 0 Å². The van der Waals surface area contributed by atoms with Crippen molar-refractivity contribution in [3.63, 3.8) is 0 Å². The molecule has 0 aromatic heterocycles. The van der Waals surface area contributed by atoms with Crippen LogP contribution in [-0.4, -0.2) is 29.4 Å². The monoisotopic (exact) mass is 279 g/mol. The molecule has 0 aromatic carbocycles. The van der Waals surface area contributed by atoms with E-state index < -0.39 is 0 Å². The molecule has 0 rings (SSSR count). The predicted octanol–water partition coefficient (Wildman–Crippen LogP) is -1.10. The number of hydrogen-bond donors (Lipinski definition) is 0. The molecule has 0 amide bonds. The van der Waals surface area contributed by atoms with E-state index in [1.54, 1.807) is 0 Å². The first kappa shape index (κ1) is 40.2. The second-order valence-electron chi connectivity index (χ2n) is 0. The molecule has 1 nitrogen and oxygen atoms in total. The molecule has 0 aromatic rings. The molecule has 0 atom stereocenters. The van der Waals surface area contributed by atoms with Gasteiger partial charge >= 0.3 is 0 Å². The van der Waals surface area contributed by atoms with Crippen LogP contribution in [0.2, 0.25) is 0 Å². The number of hydrogen-bond acceptors (Lipinski definition) is 0. The minimum Gasteiger partial charge on any atom is -0.412 e. The predicted molar refractivity (Wildman–Crippen MR) is 19.7 cm³/mol. The van der Waals surface area contributed by atoms with Gasteiger partial charge in [-0.1, -0.05) is 0 Å². The van der Waals surface area contributed by atoms with E-state index in [1.807, 2.05) is 0 Å². The summed E-state index contributed by atoms with van der Waals surface area (Å²) in [6.45, 7) is 0. The molecule has 0 bridgehead atoms. The Morgan fingerprint density at radius 3 is 1.00 bits per heavy atom. The third-order valence-electron chi connectivity index (χ3n) is 0. The Hall–Kier alpha value is 1.85. The first-order chi connectivity index (χ1) is 0. The second kappa shape index (κ2) is 21.0. The summed E-state index contributed by atoms with van der Waals surface area (Å²) in [7, 11) is 0. The van der Waals surface area contributed by atoms with Crippen LogP contribution in [0.5, 0.6) is 0 Å². The van der Waals surface area contributed by atoms with Gasteiger partial charge in [-0.25, -0.2) is 0 Å². The van der Waals surface area contributed by atoms with Crippen LogP contribution in [0.1, 0.15) is 0 Å². The molecule has 4 heavy (non-hydrogen) atoms. The second-order valence-corrected chi connectivity index (χ2v) is 0. The van der Waals surface area contributed by atoms with Crippen LogP contribution < -0.4 is 0 Å². The Labute approximate surface area is 64.8 Å². The summed E-state index contributed by atoms with van der Waals surface area (Å²) in [6, 6.07) is 0. The van der Waals surface area contributed by atoms with Crippen LogP contribution in [-0.2, 0) is 22.4 Å². The van der Waals surface area contributed by atoms with Gasteiger partial charge in [-0.05, 0) is 0 Å². The summed E-state index contributed by atoms with van der Waals surface area (Å²) in [5.41, 5.74) is 0. The fraction of sp³-hybridized carbons (Fsp3) is 0. The maximum atomic E-state index is 0. The maximum absolute atomic E-state index is 0. The summed E-state index contributed by atoms with van der Waals surface area (Å²) in [5, 5.41) is 0. The van der Waals surface area contributed by atoms with Crippen molar-refractivity contribution in [3.8, 4) is 0 Å².